The fourth-order valence-corrected chi connectivity index (χ4v) is 17.4. The van der Waals surface area contributed by atoms with E-state index in [0.29, 0.717) is 0 Å². The van der Waals surface area contributed by atoms with E-state index < -0.39 is 16.1 Å². The van der Waals surface area contributed by atoms with Crippen molar-refractivity contribution in [1.82, 2.24) is 0 Å². The van der Waals surface area contributed by atoms with Crippen LogP contribution in [0.1, 0.15) is 0 Å². The Labute approximate surface area is 362 Å². The highest BCUT2D eigenvalue weighted by Gasteiger charge is 2.46. The normalized spacial score (nSPS) is 14.4. The monoisotopic (exact) mass is 826 g/mol. The summed E-state index contributed by atoms with van der Waals surface area (Å²) in [6.07, 6.45) is 0. The number of furan rings is 2. The summed E-state index contributed by atoms with van der Waals surface area (Å²) in [4.78, 5) is 0. The van der Waals surface area contributed by atoms with E-state index in [-0.39, 0.29) is 0 Å². The molecule has 2 aliphatic rings. The molecular formula is C58H42O2Si2. The summed E-state index contributed by atoms with van der Waals surface area (Å²) in [5.74, 6) is 0. The molecule has 0 radical (unpaired) electrons. The number of hydrogen-bond acceptors (Lipinski definition) is 2. The van der Waals surface area contributed by atoms with E-state index >= 15 is 0 Å². The van der Waals surface area contributed by atoms with Gasteiger partial charge in [-0.1, -0.05) is 196 Å². The Morgan fingerprint density at radius 3 is 1.29 bits per heavy atom. The highest BCUT2D eigenvalue weighted by atomic mass is 28.3. The fraction of sp³-hybridized carbons (Fsp3) is 0.0690. The molecule has 0 fully saturated rings. The van der Waals surface area contributed by atoms with Gasteiger partial charge in [0, 0.05) is 32.7 Å². The first kappa shape index (κ1) is 35.7. The second-order valence-corrected chi connectivity index (χ2v) is 27.0. The summed E-state index contributed by atoms with van der Waals surface area (Å²) in [7, 11) is -4.60. The summed E-state index contributed by atoms with van der Waals surface area (Å²) in [6.45, 7) is 10.2. The molecular weight excluding hydrogens is 785 g/mol. The standard InChI is InChI=1S/C58H42O2Si2/c1-61(2)49-34-46-50(33-45(49)54-51(61)32-44(57-56(54)42-28-16-18-30-48(42)59-57)40-26-14-12-24-38(40)36-21-9-6-10-22-36)62(3,4)52-31-43(39-25-13-11-23-37(39)35-19-7-5-8-20-35)53-41-27-15-17-29-47(41)60-58(53)55(46)52/h5-34H,1-4H3. The lowest BCUT2D eigenvalue weighted by atomic mass is 9.89. The summed E-state index contributed by atoms with van der Waals surface area (Å²) in [5, 5.41) is 10.7. The summed E-state index contributed by atoms with van der Waals surface area (Å²) < 4.78 is 14.1. The van der Waals surface area contributed by atoms with Crippen LogP contribution < -0.4 is 20.7 Å². The quantitative estimate of drug-likeness (QED) is 0.165. The lowest BCUT2D eigenvalue weighted by molar-refractivity contribution is 0.670. The lowest BCUT2D eigenvalue weighted by Crippen LogP contribution is -2.51. The molecule has 0 saturated carbocycles. The second-order valence-electron chi connectivity index (χ2n) is 18.3. The third kappa shape index (κ3) is 4.79. The summed E-state index contributed by atoms with van der Waals surface area (Å²) in [5.41, 5.74) is 19.0. The minimum Gasteiger partial charge on any atom is -0.455 e. The van der Waals surface area contributed by atoms with Crippen molar-refractivity contribution in [1.29, 1.82) is 0 Å². The van der Waals surface area contributed by atoms with Crippen LogP contribution in [0.15, 0.2) is 191 Å². The SMILES string of the molecule is C[Si]1(C)c2cc3c(cc2-c2c1cc(-c1ccccc1-c1ccccc1)c1c2oc2ccccc21)[Si](C)(C)c1cc(-c2ccccc2-c2ccccc2)c2oc4ccccc4c2c1-3. The molecule has 0 unspecified atom stereocenters. The smallest absolute Gasteiger partial charge is 0.143 e. The molecule has 11 aromatic rings. The average molecular weight is 827 g/mol. The van der Waals surface area contributed by atoms with Gasteiger partial charge in [-0.2, -0.15) is 0 Å². The minimum atomic E-state index is -2.30. The Hall–Kier alpha value is -6.99. The molecule has 62 heavy (non-hydrogen) atoms. The zero-order valence-electron chi connectivity index (χ0n) is 35.1. The van der Waals surface area contributed by atoms with Gasteiger partial charge in [0.15, 0.2) is 0 Å². The molecule has 294 valence electrons. The Bertz CT molecular complexity index is 3680. The van der Waals surface area contributed by atoms with E-state index in [4.69, 9.17) is 8.83 Å². The average Bonchev–Trinajstić information content (AvgIpc) is 4.01. The van der Waals surface area contributed by atoms with Gasteiger partial charge in [0.1, 0.15) is 38.5 Å². The predicted octanol–water partition coefficient (Wildman–Crippen LogP) is 13.8. The van der Waals surface area contributed by atoms with Crippen molar-refractivity contribution in [2.75, 3.05) is 0 Å². The van der Waals surface area contributed by atoms with Crippen LogP contribution in [0.2, 0.25) is 26.2 Å². The highest BCUT2D eigenvalue weighted by molar-refractivity contribution is 7.06. The van der Waals surface area contributed by atoms with Crippen molar-refractivity contribution < 1.29 is 8.83 Å². The molecule has 13 rings (SSSR count). The maximum atomic E-state index is 7.12. The third-order valence-electron chi connectivity index (χ3n) is 14.3. The maximum absolute atomic E-state index is 7.12. The molecule has 4 heteroatoms. The van der Waals surface area contributed by atoms with Gasteiger partial charge in [-0.3, -0.25) is 0 Å². The Kier molecular flexibility index (Phi) is 7.36. The number of para-hydroxylation sites is 2. The van der Waals surface area contributed by atoms with Crippen LogP contribution in [-0.4, -0.2) is 16.1 Å². The number of benzene rings is 9. The van der Waals surface area contributed by atoms with Crippen LogP contribution >= 0.6 is 0 Å². The van der Waals surface area contributed by atoms with E-state index in [1.807, 2.05) is 0 Å². The first-order chi connectivity index (χ1) is 30.3. The first-order valence-corrected chi connectivity index (χ1v) is 27.8. The van der Waals surface area contributed by atoms with Gasteiger partial charge in [-0.05, 0) is 88.5 Å². The number of fused-ring (bicyclic) bond motifs is 14. The molecule has 2 aliphatic heterocycles. The number of hydrogen-bond donors (Lipinski definition) is 0. The Morgan fingerprint density at radius 2 is 0.710 bits per heavy atom. The van der Waals surface area contributed by atoms with Gasteiger partial charge in [-0.15, -0.1) is 0 Å². The van der Waals surface area contributed by atoms with E-state index in [1.54, 1.807) is 0 Å². The van der Waals surface area contributed by atoms with Gasteiger partial charge in [0.05, 0.1) is 0 Å². The van der Waals surface area contributed by atoms with Crippen molar-refractivity contribution in [2.24, 2.45) is 0 Å². The van der Waals surface area contributed by atoms with E-state index in [1.165, 1.54) is 104 Å². The van der Waals surface area contributed by atoms with E-state index in [9.17, 15) is 0 Å². The minimum absolute atomic E-state index is 0.932. The van der Waals surface area contributed by atoms with Gasteiger partial charge in [-0.25, -0.2) is 0 Å². The van der Waals surface area contributed by atoms with Crippen molar-refractivity contribution in [3.8, 4) is 66.8 Å². The van der Waals surface area contributed by atoms with Crippen LogP contribution in [-0.2, 0) is 0 Å². The molecule has 2 nitrogen and oxygen atoms in total. The molecule has 2 aromatic heterocycles. The molecule has 0 spiro atoms. The zero-order chi connectivity index (χ0) is 41.5. The molecule has 0 aliphatic carbocycles. The first-order valence-electron chi connectivity index (χ1n) is 21.8. The van der Waals surface area contributed by atoms with Crippen LogP contribution in [0.5, 0.6) is 0 Å². The Morgan fingerprint density at radius 1 is 0.306 bits per heavy atom. The summed E-state index contributed by atoms with van der Waals surface area (Å²) in [6, 6.07) is 66.9. The van der Waals surface area contributed by atoms with Crippen molar-refractivity contribution in [3.05, 3.63) is 182 Å². The Balaban J connectivity index is 1.09. The molecule has 0 atom stereocenters. The number of rotatable bonds is 4. The largest absolute Gasteiger partial charge is 0.455 e. The highest BCUT2D eigenvalue weighted by Crippen LogP contribution is 2.49. The second kappa shape index (κ2) is 12.8. The van der Waals surface area contributed by atoms with Gasteiger partial charge >= 0.3 is 0 Å². The van der Waals surface area contributed by atoms with E-state index in [0.717, 1.165) is 27.7 Å². The summed E-state index contributed by atoms with van der Waals surface area (Å²) >= 11 is 0. The van der Waals surface area contributed by atoms with Crippen LogP contribution in [0.4, 0.5) is 0 Å². The maximum Gasteiger partial charge on any atom is 0.143 e. The van der Waals surface area contributed by atoms with Gasteiger partial charge in [0.2, 0.25) is 0 Å². The lowest BCUT2D eigenvalue weighted by Gasteiger charge is -2.22. The topological polar surface area (TPSA) is 26.3 Å². The zero-order valence-corrected chi connectivity index (χ0v) is 37.1. The fourth-order valence-electron chi connectivity index (χ4n) is 11.3. The van der Waals surface area contributed by atoms with Gasteiger partial charge < -0.3 is 8.83 Å². The molecule has 0 saturated heterocycles. The molecule has 0 bridgehead atoms. The molecule has 4 heterocycles. The van der Waals surface area contributed by atoms with Crippen molar-refractivity contribution in [3.63, 3.8) is 0 Å². The third-order valence-corrected chi connectivity index (χ3v) is 21.3. The van der Waals surface area contributed by atoms with Crippen LogP contribution in [0.25, 0.3) is 111 Å². The van der Waals surface area contributed by atoms with Crippen molar-refractivity contribution >= 4 is 80.8 Å². The predicted molar refractivity (Wildman–Crippen MR) is 267 cm³/mol. The molecule has 0 amide bonds. The molecule has 0 N–H and O–H groups in total. The van der Waals surface area contributed by atoms with Crippen LogP contribution in [0, 0.1) is 0 Å². The van der Waals surface area contributed by atoms with Crippen molar-refractivity contribution in [2.45, 2.75) is 26.2 Å². The molecule has 9 aromatic carbocycles. The van der Waals surface area contributed by atoms with Gasteiger partial charge in [0.25, 0.3) is 0 Å². The van der Waals surface area contributed by atoms with Crippen LogP contribution in [0.3, 0.4) is 0 Å². The van der Waals surface area contributed by atoms with E-state index in [2.05, 4.69) is 208 Å².